The molecule has 7 heteroatoms. The molecule has 7 nitrogen and oxygen atoms in total. The van der Waals surface area contributed by atoms with E-state index >= 15 is 0 Å². The highest BCUT2D eigenvalue weighted by Gasteiger charge is 2.09. The Bertz CT molecular complexity index is 538. The maximum Gasteiger partial charge on any atom is 0.239 e. The Morgan fingerprint density at radius 3 is 2.79 bits per heavy atom. The maximum absolute atomic E-state index is 11.8. The van der Waals surface area contributed by atoms with Gasteiger partial charge in [-0.25, -0.2) is 9.97 Å². The molecule has 2 rings (SSSR count). The molecule has 0 saturated heterocycles. The highest BCUT2D eigenvalue weighted by molar-refractivity contribution is 5.80. The number of nitrogens with zero attached hydrogens (tertiary/aromatic N) is 4. The summed E-state index contributed by atoms with van der Waals surface area (Å²) in [6, 6.07) is 1.74. The SMILES string of the molecule is Cc1[nH]ncc1CNC(=O)CN(C)c1ncccn1. The molecule has 2 heterocycles. The topological polar surface area (TPSA) is 86.8 Å². The monoisotopic (exact) mass is 260 g/mol. The maximum atomic E-state index is 11.8. The number of anilines is 1. The van der Waals surface area contributed by atoms with Crippen LogP contribution in [0, 0.1) is 6.92 Å². The van der Waals surface area contributed by atoms with Gasteiger partial charge in [-0.1, -0.05) is 0 Å². The fourth-order valence-electron chi connectivity index (χ4n) is 1.58. The lowest BCUT2D eigenvalue weighted by Crippen LogP contribution is -2.35. The van der Waals surface area contributed by atoms with Crippen LogP contribution in [0.4, 0.5) is 5.95 Å². The summed E-state index contributed by atoms with van der Waals surface area (Å²) in [5.74, 6) is 0.438. The summed E-state index contributed by atoms with van der Waals surface area (Å²) < 4.78 is 0. The summed E-state index contributed by atoms with van der Waals surface area (Å²) in [4.78, 5) is 21.6. The Hall–Kier alpha value is -2.44. The van der Waals surface area contributed by atoms with Crippen LogP contribution < -0.4 is 10.2 Å². The Kier molecular flexibility index (Phi) is 4.07. The van der Waals surface area contributed by atoms with E-state index in [2.05, 4.69) is 25.5 Å². The number of aromatic nitrogens is 4. The van der Waals surface area contributed by atoms with E-state index in [0.29, 0.717) is 12.5 Å². The lowest BCUT2D eigenvalue weighted by Gasteiger charge is -2.15. The summed E-state index contributed by atoms with van der Waals surface area (Å²) in [6.07, 6.45) is 5.00. The normalized spacial score (nSPS) is 10.2. The fourth-order valence-corrected chi connectivity index (χ4v) is 1.58. The van der Waals surface area contributed by atoms with Crippen molar-refractivity contribution in [2.45, 2.75) is 13.5 Å². The van der Waals surface area contributed by atoms with Gasteiger partial charge in [-0.3, -0.25) is 9.89 Å². The molecule has 0 fully saturated rings. The molecule has 0 aliphatic heterocycles. The first-order valence-electron chi connectivity index (χ1n) is 5.90. The summed E-state index contributed by atoms with van der Waals surface area (Å²) >= 11 is 0. The van der Waals surface area contributed by atoms with Gasteiger partial charge in [0.25, 0.3) is 0 Å². The lowest BCUT2D eigenvalue weighted by molar-refractivity contribution is -0.119. The number of aryl methyl sites for hydroxylation is 1. The molecule has 0 aliphatic rings. The van der Waals surface area contributed by atoms with E-state index in [1.165, 1.54) is 0 Å². The summed E-state index contributed by atoms with van der Waals surface area (Å²) in [5, 5.41) is 9.56. The molecule has 0 atom stereocenters. The minimum Gasteiger partial charge on any atom is -0.350 e. The van der Waals surface area contributed by atoms with Crippen molar-refractivity contribution in [1.82, 2.24) is 25.5 Å². The van der Waals surface area contributed by atoms with Gasteiger partial charge < -0.3 is 10.2 Å². The summed E-state index contributed by atoms with van der Waals surface area (Å²) in [6.45, 7) is 2.59. The molecule has 2 N–H and O–H groups in total. The van der Waals surface area contributed by atoms with Gasteiger partial charge in [0.15, 0.2) is 0 Å². The smallest absolute Gasteiger partial charge is 0.239 e. The second-order valence-corrected chi connectivity index (χ2v) is 4.20. The minimum atomic E-state index is -0.0875. The van der Waals surface area contributed by atoms with Gasteiger partial charge in [-0.2, -0.15) is 5.10 Å². The van der Waals surface area contributed by atoms with Crippen molar-refractivity contribution in [2.75, 3.05) is 18.5 Å². The molecule has 19 heavy (non-hydrogen) atoms. The van der Waals surface area contributed by atoms with Gasteiger partial charge in [-0.15, -0.1) is 0 Å². The van der Waals surface area contributed by atoms with E-state index in [0.717, 1.165) is 11.3 Å². The first-order valence-corrected chi connectivity index (χ1v) is 5.90. The molecule has 0 aromatic carbocycles. The molecule has 0 aliphatic carbocycles. The molecule has 2 aromatic rings. The molecule has 0 saturated carbocycles. The number of amides is 1. The van der Waals surface area contributed by atoms with Crippen molar-refractivity contribution >= 4 is 11.9 Å². The van der Waals surface area contributed by atoms with Crippen LogP contribution in [-0.2, 0) is 11.3 Å². The number of rotatable bonds is 5. The van der Waals surface area contributed by atoms with E-state index in [-0.39, 0.29) is 12.5 Å². The third-order valence-corrected chi connectivity index (χ3v) is 2.68. The molecule has 0 radical (unpaired) electrons. The van der Waals surface area contributed by atoms with Crippen LogP contribution in [0.25, 0.3) is 0 Å². The molecule has 1 amide bonds. The third kappa shape index (κ3) is 3.51. The zero-order valence-electron chi connectivity index (χ0n) is 10.9. The van der Waals surface area contributed by atoms with E-state index in [9.17, 15) is 4.79 Å². The number of aromatic amines is 1. The number of carbonyl (C=O) groups excluding carboxylic acids is 1. The average molecular weight is 260 g/mol. The van der Waals surface area contributed by atoms with Crippen molar-refractivity contribution in [3.63, 3.8) is 0 Å². The number of H-pyrrole nitrogens is 1. The lowest BCUT2D eigenvalue weighted by atomic mass is 10.2. The van der Waals surface area contributed by atoms with Crippen molar-refractivity contribution < 1.29 is 4.79 Å². The standard InChI is InChI=1S/C12H16N6O/c1-9-10(7-16-17-9)6-15-11(19)8-18(2)12-13-4-3-5-14-12/h3-5,7H,6,8H2,1-2H3,(H,15,19)(H,16,17). The molecule has 2 aromatic heterocycles. The van der Waals surface area contributed by atoms with Crippen molar-refractivity contribution in [2.24, 2.45) is 0 Å². The third-order valence-electron chi connectivity index (χ3n) is 2.68. The first kappa shape index (κ1) is 13.0. The van der Waals surface area contributed by atoms with E-state index in [4.69, 9.17) is 0 Å². The van der Waals surface area contributed by atoms with Crippen molar-refractivity contribution in [3.8, 4) is 0 Å². The van der Waals surface area contributed by atoms with Crippen LogP contribution in [0.5, 0.6) is 0 Å². The number of carbonyl (C=O) groups is 1. The zero-order chi connectivity index (χ0) is 13.7. The van der Waals surface area contributed by atoms with Crippen LogP contribution in [-0.4, -0.2) is 39.7 Å². The van der Waals surface area contributed by atoms with E-state index < -0.39 is 0 Å². The predicted octanol–water partition coefficient (Wildman–Crippen LogP) is 0.261. The van der Waals surface area contributed by atoms with Crippen molar-refractivity contribution in [3.05, 3.63) is 35.9 Å². The van der Waals surface area contributed by atoms with Crippen LogP contribution in [0.3, 0.4) is 0 Å². The van der Waals surface area contributed by atoms with Crippen LogP contribution in [0.1, 0.15) is 11.3 Å². The predicted molar refractivity (Wildman–Crippen MR) is 70.5 cm³/mol. The average Bonchev–Trinajstić information content (AvgIpc) is 2.83. The molecule has 0 bridgehead atoms. The van der Waals surface area contributed by atoms with E-state index in [1.807, 2.05) is 6.92 Å². The summed E-state index contributed by atoms with van der Waals surface area (Å²) in [5.41, 5.74) is 1.94. The second-order valence-electron chi connectivity index (χ2n) is 4.20. The number of likely N-dealkylation sites (N-methyl/N-ethyl adjacent to an activating group) is 1. The van der Waals surface area contributed by atoms with Gasteiger partial charge in [0.2, 0.25) is 11.9 Å². The molecular formula is C12H16N6O. The quantitative estimate of drug-likeness (QED) is 0.805. The van der Waals surface area contributed by atoms with Gasteiger partial charge >= 0.3 is 0 Å². The Morgan fingerprint density at radius 2 is 2.16 bits per heavy atom. The second kappa shape index (κ2) is 5.94. The molecule has 0 unspecified atom stereocenters. The largest absolute Gasteiger partial charge is 0.350 e. The molecule has 100 valence electrons. The fraction of sp³-hybridized carbons (Fsp3) is 0.333. The Labute approximate surface area is 111 Å². The van der Waals surface area contributed by atoms with Gasteiger partial charge in [0.05, 0.1) is 12.7 Å². The molecule has 0 spiro atoms. The number of hydrogen-bond acceptors (Lipinski definition) is 5. The number of nitrogens with one attached hydrogen (secondary N) is 2. The van der Waals surface area contributed by atoms with Crippen molar-refractivity contribution in [1.29, 1.82) is 0 Å². The molecular weight excluding hydrogens is 244 g/mol. The summed E-state index contributed by atoms with van der Waals surface area (Å²) in [7, 11) is 1.78. The first-order chi connectivity index (χ1) is 9.16. The zero-order valence-corrected chi connectivity index (χ0v) is 10.9. The highest BCUT2D eigenvalue weighted by atomic mass is 16.2. The van der Waals surface area contributed by atoms with Gasteiger partial charge in [0.1, 0.15) is 0 Å². The minimum absolute atomic E-state index is 0.0875. The van der Waals surface area contributed by atoms with E-state index in [1.54, 1.807) is 36.6 Å². The van der Waals surface area contributed by atoms with Crippen LogP contribution in [0.2, 0.25) is 0 Å². The van der Waals surface area contributed by atoms with Crippen LogP contribution in [0.15, 0.2) is 24.7 Å². The van der Waals surface area contributed by atoms with Crippen LogP contribution >= 0.6 is 0 Å². The Morgan fingerprint density at radius 1 is 1.42 bits per heavy atom. The number of hydrogen-bond donors (Lipinski definition) is 2. The van der Waals surface area contributed by atoms with Gasteiger partial charge in [0, 0.05) is 37.2 Å². The Balaban J connectivity index is 1.83. The van der Waals surface area contributed by atoms with Gasteiger partial charge in [-0.05, 0) is 13.0 Å². The highest BCUT2D eigenvalue weighted by Crippen LogP contribution is 2.03.